The molecule has 7 N–H and O–H groups in total. The predicted octanol–water partition coefficient (Wildman–Crippen LogP) is -0.194. The Balaban J connectivity index is 1.76. The Kier molecular flexibility index (Phi) is 8.13. The summed E-state index contributed by atoms with van der Waals surface area (Å²) in [7, 11) is -9.85. The minimum absolute atomic E-state index is 0.0732. The van der Waals surface area contributed by atoms with E-state index in [1.54, 1.807) is 11.8 Å². The molecule has 14 heteroatoms. The fourth-order valence-corrected chi connectivity index (χ4v) is 6.12. The van der Waals surface area contributed by atoms with Crippen LogP contribution >= 0.6 is 27.4 Å². The van der Waals surface area contributed by atoms with Gasteiger partial charge in [0.1, 0.15) is 0 Å². The average Bonchev–Trinajstić information content (AvgIpc) is 2.80. The summed E-state index contributed by atoms with van der Waals surface area (Å²) in [6.07, 6.45) is 0.582. The Morgan fingerprint density at radius 1 is 1.31 bits per heavy atom. The molecule has 11 nitrogen and oxygen atoms in total. The number of nitrogens with zero attached hydrogens (tertiary/aromatic N) is 1. The lowest BCUT2D eigenvalue weighted by molar-refractivity contribution is 0.147. The van der Waals surface area contributed by atoms with Crippen LogP contribution in [-0.4, -0.2) is 68.8 Å². The lowest BCUT2D eigenvalue weighted by Crippen LogP contribution is -2.63. The van der Waals surface area contributed by atoms with E-state index in [9.17, 15) is 14.0 Å². The van der Waals surface area contributed by atoms with Crippen molar-refractivity contribution in [1.29, 1.82) is 0 Å². The van der Waals surface area contributed by atoms with Crippen molar-refractivity contribution in [2.45, 2.75) is 43.9 Å². The molecule has 2 aliphatic rings. The maximum Gasteiger partial charge on any atom is 0.481 e. The molecule has 0 aromatic rings. The van der Waals surface area contributed by atoms with Crippen LogP contribution in [0.25, 0.3) is 0 Å². The van der Waals surface area contributed by atoms with Gasteiger partial charge in [0.25, 0.3) is 0 Å². The van der Waals surface area contributed by atoms with Gasteiger partial charge in [0.05, 0.1) is 18.9 Å². The summed E-state index contributed by atoms with van der Waals surface area (Å²) in [5, 5.41) is 6.80. The van der Waals surface area contributed by atoms with Crippen LogP contribution in [0.3, 0.4) is 0 Å². The molecule has 0 radical (unpaired) electrons. The van der Waals surface area contributed by atoms with Crippen molar-refractivity contribution in [2.75, 3.05) is 25.6 Å². The highest BCUT2D eigenvalue weighted by Gasteiger charge is 2.36. The zero-order chi connectivity index (χ0) is 19.5. The molecule has 6 atom stereocenters. The van der Waals surface area contributed by atoms with Crippen molar-refractivity contribution in [1.82, 2.24) is 15.5 Å². The Morgan fingerprint density at radius 2 is 2.00 bits per heavy atom. The molecule has 2 fully saturated rings. The maximum atomic E-state index is 11.4. The third kappa shape index (κ3) is 7.12. The molecule has 0 aromatic carbocycles. The van der Waals surface area contributed by atoms with Crippen LogP contribution in [0.5, 0.6) is 0 Å². The van der Waals surface area contributed by atoms with Gasteiger partial charge in [-0.3, -0.25) is 14.7 Å². The molecule has 154 valence electrons. The van der Waals surface area contributed by atoms with E-state index in [2.05, 4.69) is 31.3 Å². The highest BCUT2D eigenvalue weighted by Crippen LogP contribution is 2.57. The molecule has 0 spiro atoms. The fraction of sp³-hybridized carbons (Fsp3) is 1.00. The zero-order valence-corrected chi connectivity index (χ0v) is 17.3. The van der Waals surface area contributed by atoms with Crippen molar-refractivity contribution in [3.63, 3.8) is 0 Å². The molecular formula is C12H28N4O7P2S. The van der Waals surface area contributed by atoms with E-state index in [0.29, 0.717) is 6.42 Å². The quantitative estimate of drug-likeness (QED) is 0.279. The molecule has 0 aliphatic carbocycles. The molecule has 2 heterocycles. The smallest absolute Gasteiger partial charge is 0.316 e. The van der Waals surface area contributed by atoms with Crippen LogP contribution in [-0.2, 0) is 18.0 Å². The van der Waals surface area contributed by atoms with Gasteiger partial charge in [0.15, 0.2) is 0 Å². The van der Waals surface area contributed by atoms with Crippen LogP contribution in [0.1, 0.15) is 20.3 Å². The summed E-state index contributed by atoms with van der Waals surface area (Å²) in [4.78, 5) is 28.8. The second-order valence-corrected chi connectivity index (χ2v) is 10.6. The van der Waals surface area contributed by atoms with Gasteiger partial charge in [-0.25, -0.2) is 9.13 Å². The summed E-state index contributed by atoms with van der Waals surface area (Å²) < 4.78 is 30.5. The molecule has 0 saturated carbocycles. The van der Waals surface area contributed by atoms with E-state index in [4.69, 9.17) is 15.5 Å². The molecule has 0 amide bonds. The highest BCUT2D eigenvalue weighted by molar-refractivity contribution is 8.00. The Hall–Kier alpha value is 0.450. The van der Waals surface area contributed by atoms with Crippen LogP contribution in [0.2, 0.25) is 0 Å². The van der Waals surface area contributed by atoms with E-state index in [1.807, 2.05) is 6.92 Å². The molecule has 0 bridgehead atoms. The largest absolute Gasteiger partial charge is 0.481 e. The van der Waals surface area contributed by atoms with Gasteiger partial charge in [-0.15, -0.1) is 11.8 Å². The normalized spacial score (nSPS) is 36.2. The van der Waals surface area contributed by atoms with Crippen molar-refractivity contribution in [2.24, 2.45) is 11.7 Å². The molecular weight excluding hydrogens is 406 g/mol. The number of nitrogens with one attached hydrogen (secondary N) is 2. The first kappa shape index (κ1) is 22.7. The summed E-state index contributed by atoms with van der Waals surface area (Å²) >= 11 is 1.71. The number of phosphoric ester groups is 1. The van der Waals surface area contributed by atoms with Crippen LogP contribution in [0, 0.1) is 5.92 Å². The van der Waals surface area contributed by atoms with E-state index < -0.39 is 15.6 Å². The first-order chi connectivity index (χ1) is 12.0. The SMILES string of the molecule is CC1NCC(CN2CSC(CCOP(=O)(O)OP(=O)(O)O)C2C)C(N)N1. The van der Waals surface area contributed by atoms with E-state index in [1.165, 1.54) is 0 Å². The third-order valence-corrected chi connectivity index (χ3v) is 8.26. The minimum atomic E-state index is -5.08. The third-order valence-electron chi connectivity index (χ3n) is 4.54. The van der Waals surface area contributed by atoms with Crippen LogP contribution < -0.4 is 16.4 Å². The lowest BCUT2D eigenvalue weighted by Gasteiger charge is -2.37. The van der Waals surface area contributed by atoms with Gasteiger partial charge in [0.2, 0.25) is 0 Å². The van der Waals surface area contributed by atoms with Gasteiger partial charge >= 0.3 is 15.6 Å². The topological polar surface area (TPSA) is 167 Å². The number of rotatable bonds is 8. The van der Waals surface area contributed by atoms with Gasteiger partial charge in [-0.05, 0) is 20.3 Å². The maximum absolute atomic E-state index is 11.4. The Morgan fingerprint density at radius 3 is 2.62 bits per heavy atom. The zero-order valence-electron chi connectivity index (χ0n) is 14.7. The van der Waals surface area contributed by atoms with Crippen LogP contribution in [0.4, 0.5) is 0 Å². The number of thioether (sulfide) groups is 1. The summed E-state index contributed by atoms with van der Waals surface area (Å²) in [6.45, 7) is 5.64. The molecule has 26 heavy (non-hydrogen) atoms. The lowest BCUT2D eigenvalue weighted by atomic mass is 10.0. The van der Waals surface area contributed by atoms with Gasteiger partial charge in [0, 0.05) is 36.2 Å². The summed E-state index contributed by atoms with van der Waals surface area (Å²) in [5.74, 6) is 1.10. The standard InChI is InChI=1S/C12H28N4O7P2S/c1-8-11(3-4-22-25(20,21)23-24(17,18)19)26-7-16(8)6-10-5-14-9(2)15-12(10)13/h8-12,14-15H,3-7,13H2,1-2H3,(H,20,21)(H2,17,18,19). The van der Waals surface area contributed by atoms with E-state index in [0.717, 1.165) is 19.0 Å². The van der Waals surface area contributed by atoms with E-state index in [-0.39, 0.29) is 36.1 Å². The summed E-state index contributed by atoms with van der Waals surface area (Å²) in [6, 6.07) is 0.218. The Bertz CT molecular complexity index is 568. The second-order valence-electron chi connectivity index (χ2n) is 6.59. The molecule has 6 unspecified atom stereocenters. The molecule has 0 aromatic heterocycles. The average molecular weight is 434 g/mol. The van der Waals surface area contributed by atoms with Gasteiger partial charge in [-0.1, -0.05) is 0 Å². The molecule has 2 rings (SSSR count). The predicted molar refractivity (Wildman–Crippen MR) is 98.0 cm³/mol. The second kappa shape index (κ2) is 9.30. The van der Waals surface area contributed by atoms with Gasteiger partial charge < -0.3 is 25.7 Å². The molecule has 2 saturated heterocycles. The number of phosphoric acid groups is 2. The van der Waals surface area contributed by atoms with E-state index >= 15 is 0 Å². The van der Waals surface area contributed by atoms with Crippen molar-refractivity contribution in [3.8, 4) is 0 Å². The van der Waals surface area contributed by atoms with Gasteiger partial charge in [-0.2, -0.15) is 4.31 Å². The highest BCUT2D eigenvalue weighted by atomic mass is 32.2. The fourth-order valence-electron chi connectivity index (χ4n) is 3.09. The number of nitrogens with two attached hydrogens (primary N) is 1. The number of hydrogen-bond acceptors (Lipinski definition) is 9. The minimum Gasteiger partial charge on any atom is -0.316 e. The number of hydrogen-bond donors (Lipinski definition) is 6. The van der Waals surface area contributed by atoms with Crippen LogP contribution in [0.15, 0.2) is 0 Å². The molecule has 2 aliphatic heterocycles. The van der Waals surface area contributed by atoms with Crippen molar-refractivity contribution in [3.05, 3.63) is 0 Å². The monoisotopic (exact) mass is 434 g/mol. The van der Waals surface area contributed by atoms with Crippen molar-refractivity contribution >= 4 is 27.4 Å². The Labute approximate surface area is 157 Å². The summed E-state index contributed by atoms with van der Waals surface area (Å²) in [5.41, 5.74) is 6.17. The first-order valence-electron chi connectivity index (χ1n) is 8.32. The first-order valence-corrected chi connectivity index (χ1v) is 12.4. The van der Waals surface area contributed by atoms with Crippen molar-refractivity contribution < 1.29 is 32.6 Å².